The summed E-state index contributed by atoms with van der Waals surface area (Å²) in [6.07, 6.45) is 2.03. The number of hydrogen-bond donors (Lipinski definition) is 2. The Morgan fingerprint density at radius 3 is 2.65 bits per heavy atom. The molecule has 0 radical (unpaired) electrons. The van der Waals surface area contributed by atoms with Crippen LogP contribution in [0.5, 0.6) is 0 Å². The van der Waals surface area contributed by atoms with Crippen LogP contribution in [0.1, 0.15) is 29.3 Å². The quantitative estimate of drug-likeness (QED) is 0.863. The highest BCUT2D eigenvalue weighted by atomic mass is 35.5. The van der Waals surface area contributed by atoms with Crippen LogP contribution in [0.4, 0.5) is 0 Å². The minimum atomic E-state index is 0. The highest BCUT2D eigenvalue weighted by Crippen LogP contribution is 2.06. The molecule has 1 saturated heterocycles. The Kier molecular flexibility index (Phi) is 5.45. The van der Waals surface area contributed by atoms with E-state index in [2.05, 4.69) is 17.6 Å². The zero-order valence-electron chi connectivity index (χ0n) is 10.0. The fraction of sp³-hybridized carbons (Fsp3) is 0.462. The summed E-state index contributed by atoms with van der Waals surface area (Å²) in [4.78, 5) is 11.9. The SMILES string of the molecule is CCc1ccc(C(=O)NC2CCNC2)cc1.Cl. The van der Waals surface area contributed by atoms with Crippen molar-refractivity contribution >= 4 is 18.3 Å². The van der Waals surface area contributed by atoms with E-state index in [4.69, 9.17) is 0 Å². The summed E-state index contributed by atoms with van der Waals surface area (Å²) in [6.45, 7) is 4.00. The minimum absolute atomic E-state index is 0. The predicted molar refractivity (Wildman–Crippen MR) is 71.8 cm³/mol. The smallest absolute Gasteiger partial charge is 0.251 e. The first-order valence-electron chi connectivity index (χ1n) is 5.90. The van der Waals surface area contributed by atoms with Crippen molar-refractivity contribution in [3.8, 4) is 0 Å². The largest absolute Gasteiger partial charge is 0.348 e. The maximum Gasteiger partial charge on any atom is 0.251 e. The molecule has 1 aromatic carbocycles. The van der Waals surface area contributed by atoms with Gasteiger partial charge in [0.15, 0.2) is 0 Å². The number of carbonyl (C=O) groups excluding carboxylic acids is 1. The summed E-state index contributed by atoms with van der Waals surface area (Å²) in [7, 11) is 0. The fourth-order valence-corrected chi connectivity index (χ4v) is 1.94. The van der Waals surface area contributed by atoms with Gasteiger partial charge in [0.2, 0.25) is 0 Å². The van der Waals surface area contributed by atoms with E-state index in [0.717, 1.165) is 31.5 Å². The monoisotopic (exact) mass is 254 g/mol. The first-order valence-corrected chi connectivity index (χ1v) is 5.90. The van der Waals surface area contributed by atoms with E-state index in [1.807, 2.05) is 24.3 Å². The molecule has 1 aliphatic heterocycles. The molecule has 94 valence electrons. The van der Waals surface area contributed by atoms with E-state index >= 15 is 0 Å². The maximum atomic E-state index is 11.9. The van der Waals surface area contributed by atoms with Crippen LogP contribution in [0.3, 0.4) is 0 Å². The van der Waals surface area contributed by atoms with Gasteiger partial charge in [0, 0.05) is 18.2 Å². The van der Waals surface area contributed by atoms with Gasteiger partial charge in [0.05, 0.1) is 0 Å². The van der Waals surface area contributed by atoms with Crippen LogP contribution in [0.2, 0.25) is 0 Å². The Morgan fingerprint density at radius 1 is 1.41 bits per heavy atom. The van der Waals surface area contributed by atoms with Crippen molar-refractivity contribution in [2.45, 2.75) is 25.8 Å². The molecular formula is C13H19ClN2O. The molecule has 0 aromatic heterocycles. The average Bonchev–Trinajstić information content (AvgIpc) is 2.82. The van der Waals surface area contributed by atoms with Crippen molar-refractivity contribution < 1.29 is 4.79 Å². The molecule has 1 aliphatic rings. The first kappa shape index (κ1) is 14.0. The van der Waals surface area contributed by atoms with Crippen LogP contribution in [0, 0.1) is 0 Å². The first-order chi connectivity index (χ1) is 7.79. The number of benzene rings is 1. The molecule has 2 N–H and O–H groups in total. The summed E-state index contributed by atoms with van der Waals surface area (Å²) in [5.74, 6) is 0.0383. The number of rotatable bonds is 3. The molecule has 0 aliphatic carbocycles. The summed E-state index contributed by atoms with van der Waals surface area (Å²) >= 11 is 0. The standard InChI is InChI=1S/C13H18N2O.ClH/c1-2-10-3-5-11(6-4-10)13(16)15-12-7-8-14-9-12;/h3-6,12,14H,2,7-9H2,1H3,(H,15,16);1H. The number of aryl methyl sites for hydroxylation is 1. The Balaban J connectivity index is 0.00000144. The molecular weight excluding hydrogens is 236 g/mol. The second kappa shape index (κ2) is 6.62. The van der Waals surface area contributed by atoms with E-state index in [9.17, 15) is 4.79 Å². The lowest BCUT2D eigenvalue weighted by Crippen LogP contribution is -2.36. The van der Waals surface area contributed by atoms with Gasteiger partial charge in [-0.3, -0.25) is 4.79 Å². The normalized spacial score (nSPS) is 18.5. The zero-order chi connectivity index (χ0) is 11.4. The third-order valence-electron chi connectivity index (χ3n) is 3.02. The van der Waals surface area contributed by atoms with E-state index in [1.165, 1.54) is 5.56 Å². The van der Waals surface area contributed by atoms with Crippen molar-refractivity contribution in [1.82, 2.24) is 10.6 Å². The molecule has 0 spiro atoms. The highest BCUT2D eigenvalue weighted by Gasteiger charge is 2.17. The molecule has 1 unspecified atom stereocenters. The lowest BCUT2D eigenvalue weighted by atomic mass is 10.1. The zero-order valence-corrected chi connectivity index (χ0v) is 10.8. The van der Waals surface area contributed by atoms with Crippen LogP contribution in [0.25, 0.3) is 0 Å². The second-order valence-electron chi connectivity index (χ2n) is 4.21. The Labute approximate surface area is 108 Å². The van der Waals surface area contributed by atoms with Crippen molar-refractivity contribution in [1.29, 1.82) is 0 Å². The molecule has 0 bridgehead atoms. The number of hydrogen-bond acceptors (Lipinski definition) is 2. The van der Waals surface area contributed by atoms with Gasteiger partial charge < -0.3 is 10.6 Å². The van der Waals surface area contributed by atoms with Gasteiger partial charge in [-0.25, -0.2) is 0 Å². The summed E-state index contributed by atoms with van der Waals surface area (Å²) < 4.78 is 0. The van der Waals surface area contributed by atoms with Crippen molar-refractivity contribution in [2.75, 3.05) is 13.1 Å². The lowest BCUT2D eigenvalue weighted by Gasteiger charge is -2.11. The van der Waals surface area contributed by atoms with Gasteiger partial charge in [-0.15, -0.1) is 12.4 Å². The average molecular weight is 255 g/mol. The van der Waals surface area contributed by atoms with Gasteiger partial charge in [-0.2, -0.15) is 0 Å². The molecule has 0 saturated carbocycles. The van der Waals surface area contributed by atoms with Crippen molar-refractivity contribution in [3.63, 3.8) is 0 Å². The van der Waals surface area contributed by atoms with E-state index < -0.39 is 0 Å². The minimum Gasteiger partial charge on any atom is -0.348 e. The number of carbonyl (C=O) groups is 1. The Morgan fingerprint density at radius 2 is 2.12 bits per heavy atom. The van der Waals surface area contributed by atoms with E-state index in [0.29, 0.717) is 6.04 Å². The maximum absolute atomic E-state index is 11.9. The van der Waals surface area contributed by atoms with Gasteiger partial charge in [0.25, 0.3) is 5.91 Å². The second-order valence-corrected chi connectivity index (χ2v) is 4.21. The van der Waals surface area contributed by atoms with Gasteiger partial charge in [0.1, 0.15) is 0 Å². The van der Waals surface area contributed by atoms with Crippen LogP contribution in [-0.2, 0) is 6.42 Å². The molecule has 3 nitrogen and oxygen atoms in total. The molecule has 4 heteroatoms. The molecule has 2 rings (SSSR count). The van der Waals surface area contributed by atoms with Crippen LogP contribution >= 0.6 is 12.4 Å². The molecule has 1 amide bonds. The van der Waals surface area contributed by atoms with Crippen molar-refractivity contribution in [3.05, 3.63) is 35.4 Å². The predicted octanol–water partition coefficient (Wildman–Crippen LogP) is 1.76. The number of nitrogens with one attached hydrogen (secondary N) is 2. The van der Waals surface area contributed by atoms with Crippen LogP contribution in [-0.4, -0.2) is 25.0 Å². The van der Waals surface area contributed by atoms with Gasteiger partial charge in [-0.05, 0) is 37.1 Å². The molecule has 17 heavy (non-hydrogen) atoms. The van der Waals surface area contributed by atoms with Crippen LogP contribution < -0.4 is 10.6 Å². The molecule has 1 fully saturated rings. The molecule has 1 heterocycles. The Hall–Kier alpha value is -1.06. The van der Waals surface area contributed by atoms with Crippen molar-refractivity contribution in [2.24, 2.45) is 0 Å². The van der Waals surface area contributed by atoms with Gasteiger partial charge >= 0.3 is 0 Å². The number of amides is 1. The Bertz CT molecular complexity index is 358. The fourth-order valence-electron chi connectivity index (χ4n) is 1.94. The molecule has 1 atom stereocenters. The highest BCUT2D eigenvalue weighted by molar-refractivity contribution is 5.94. The number of halogens is 1. The van der Waals surface area contributed by atoms with Crippen LogP contribution in [0.15, 0.2) is 24.3 Å². The summed E-state index contributed by atoms with van der Waals surface area (Å²) in [5, 5.41) is 6.26. The lowest BCUT2D eigenvalue weighted by molar-refractivity contribution is 0.0940. The van der Waals surface area contributed by atoms with E-state index in [-0.39, 0.29) is 18.3 Å². The molecule has 1 aromatic rings. The van der Waals surface area contributed by atoms with Gasteiger partial charge in [-0.1, -0.05) is 19.1 Å². The topological polar surface area (TPSA) is 41.1 Å². The third-order valence-corrected chi connectivity index (χ3v) is 3.02. The van der Waals surface area contributed by atoms with E-state index in [1.54, 1.807) is 0 Å². The third kappa shape index (κ3) is 3.72. The summed E-state index contributed by atoms with van der Waals surface area (Å²) in [5.41, 5.74) is 2.02. The summed E-state index contributed by atoms with van der Waals surface area (Å²) in [6, 6.07) is 8.12.